The highest BCUT2D eigenvalue weighted by Gasteiger charge is 2.23. The van der Waals surface area contributed by atoms with E-state index in [9.17, 15) is 9.59 Å². The van der Waals surface area contributed by atoms with Gasteiger partial charge in [-0.15, -0.1) is 0 Å². The fourth-order valence-electron chi connectivity index (χ4n) is 4.12. The largest absolute Gasteiger partial charge is 0.481 e. The lowest BCUT2D eigenvalue weighted by Gasteiger charge is -2.24. The lowest BCUT2D eigenvalue weighted by molar-refractivity contribution is -0.139. The molecule has 0 aliphatic heterocycles. The zero-order valence-electron chi connectivity index (χ0n) is 15.2. The highest BCUT2D eigenvalue weighted by atomic mass is 16.4. The molecule has 2 N–H and O–H groups in total. The third-order valence-corrected chi connectivity index (χ3v) is 5.50. The van der Waals surface area contributed by atoms with Crippen molar-refractivity contribution in [2.45, 2.75) is 103 Å². The molecule has 0 aromatic rings. The number of aliphatic carboxylic acids is 2. The molecule has 0 radical (unpaired) electrons. The van der Waals surface area contributed by atoms with Gasteiger partial charge in [0.2, 0.25) is 0 Å². The molecular formula is C20H36O4. The Labute approximate surface area is 147 Å². The molecule has 0 unspecified atom stereocenters. The Bertz CT molecular complexity index is 304. The number of hydrogen-bond donors (Lipinski definition) is 2. The van der Waals surface area contributed by atoms with Crippen LogP contribution in [0.25, 0.3) is 0 Å². The molecule has 0 aromatic carbocycles. The molecule has 0 spiro atoms. The van der Waals surface area contributed by atoms with Gasteiger partial charge in [0.05, 0.1) is 0 Å². The highest BCUT2D eigenvalue weighted by molar-refractivity contribution is 5.67. The molecule has 2 rings (SSSR count). The van der Waals surface area contributed by atoms with Crippen molar-refractivity contribution in [3.05, 3.63) is 0 Å². The maximum absolute atomic E-state index is 9.90. The SMILES string of the molecule is C1CCCC(C2CCCCCC2)CC1.O=C(O)CCCCC(=O)O. The summed E-state index contributed by atoms with van der Waals surface area (Å²) < 4.78 is 0. The van der Waals surface area contributed by atoms with E-state index in [1.807, 2.05) is 0 Å². The summed E-state index contributed by atoms with van der Waals surface area (Å²) in [5.74, 6) is 0.502. The Balaban J connectivity index is 0.000000257. The van der Waals surface area contributed by atoms with E-state index in [0.717, 1.165) is 11.8 Å². The summed E-state index contributed by atoms with van der Waals surface area (Å²) in [6, 6.07) is 0. The second-order valence-corrected chi connectivity index (χ2v) is 7.50. The molecule has 4 heteroatoms. The first-order valence-corrected chi connectivity index (χ1v) is 10.0. The lowest BCUT2D eigenvalue weighted by atomic mass is 9.81. The number of carboxylic acid groups (broad SMARTS) is 2. The molecule has 4 nitrogen and oxygen atoms in total. The second kappa shape index (κ2) is 13.3. The van der Waals surface area contributed by atoms with Gasteiger partial charge < -0.3 is 10.2 Å². The standard InChI is InChI=1S/C14H26.C6H10O4/c1-2-6-10-13(9-5-1)14-11-7-3-4-8-12-14;7-5(8)3-1-2-4-6(9)10/h13-14H,1-12H2;1-4H2,(H,7,8)(H,9,10). The quantitative estimate of drug-likeness (QED) is 0.484. The van der Waals surface area contributed by atoms with Gasteiger partial charge in [-0.25, -0.2) is 0 Å². The van der Waals surface area contributed by atoms with E-state index in [0.29, 0.717) is 12.8 Å². The number of carboxylic acids is 2. The summed E-state index contributed by atoms with van der Waals surface area (Å²) in [7, 11) is 0. The van der Waals surface area contributed by atoms with Crippen LogP contribution in [0.4, 0.5) is 0 Å². The Morgan fingerprint density at radius 2 is 0.875 bits per heavy atom. The van der Waals surface area contributed by atoms with Crippen molar-refractivity contribution in [2.24, 2.45) is 11.8 Å². The van der Waals surface area contributed by atoms with Crippen LogP contribution in [-0.4, -0.2) is 22.2 Å². The summed E-state index contributed by atoms with van der Waals surface area (Å²) in [6.07, 6.45) is 19.4. The molecule has 2 saturated carbocycles. The molecule has 0 saturated heterocycles. The van der Waals surface area contributed by atoms with E-state index >= 15 is 0 Å². The van der Waals surface area contributed by atoms with Crippen LogP contribution in [0.3, 0.4) is 0 Å². The van der Waals surface area contributed by atoms with Crippen LogP contribution < -0.4 is 0 Å². The molecular weight excluding hydrogens is 304 g/mol. The summed E-state index contributed by atoms with van der Waals surface area (Å²) in [6.45, 7) is 0. The van der Waals surface area contributed by atoms with Crippen molar-refractivity contribution in [1.82, 2.24) is 0 Å². The van der Waals surface area contributed by atoms with Crippen LogP contribution in [0.15, 0.2) is 0 Å². The normalized spacial score (nSPS) is 20.3. The Kier molecular flexibility index (Phi) is 11.6. The maximum atomic E-state index is 9.90. The van der Waals surface area contributed by atoms with Gasteiger partial charge in [-0.05, 0) is 24.7 Å². The Morgan fingerprint density at radius 1 is 0.583 bits per heavy atom. The first kappa shape index (κ1) is 21.0. The number of rotatable bonds is 6. The predicted molar refractivity (Wildman–Crippen MR) is 96.1 cm³/mol. The van der Waals surface area contributed by atoms with Crippen LogP contribution >= 0.6 is 0 Å². The van der Waals surface area contributed by atoms with Crippen LogP contribution in [0.5, 0.6) is 0 Å². The van der Waals surface area contributed by atoms with Crippen LogP contribution in [-0.2, 0) is 9.59 Å². The van der Waals surface area contributed by atoms with E-state index in [1.165, 1.54) is 51.4 Å². The van der Waals surface area contributed by atoms with Crippen molar-refractivity contribution in [2.75, 3.05) is 0 Å². The number of hydrogen-bond acceptors (Lipinski definition) is 2. The minimum absolute atomic E-state index is 0.0628. The van der Waals surface area contributed by atoms with E-state index in [2.05, 4.69) is 0 Å². The fraction of sp³-hybridized carbons (Fsp3) is 0.900. The zero-order valence-corrected chi connectivity index (χ0v) is 15.2. The minimum atomic E-state index is -0.870. The van der Waals surface area contributed by atoms with Crippen molar-refractivity contribution < 1.29 is 19.8 Å². The van der Waals surface area contributed by atoms with Gasteiger partial charge in [-0.3, -0.25) is 9.59 Å². The van der Waals surface area contributed by atoms with Crippen LogP contribution in [0.1, 0.15) is 103 Å². The summed E-state index contributed by atoms with van der Waals surface area (Å²) in [5, 5.41) is 16.3. The first-order valence-electron chi connectivity index (χ1n) is 10.0. The fourth-order valence-corrected chi connectivity index (χ4v) is 4.12. The van der Waals surface area contributed by atoms with E-state index < -0.39 is 11.9 Å². The minimum Gasteiger partial charge on any atom is -0.481 e. The smallest absolute Gasteiger partial charge is 0.303 e. The van der Waals surface area contributed by atoms with Gasteiger partial charge in [0.1, 0.15) is 0 Å². The molecule has 24 heavy (non-hydrogen) atoms. The van der Waals surface area contributed by atoms with Crippen molar-refractivity contribution in [3.8, 4) is 0 Å². The second-order valence-electron chi connectivity index (χ2n) is 7.50. The maximum Gasteiger partial charge on any atom is 0.303 e. The summed E-state index contributed by atoms with van der Waals surface area (Å²) in [4.78, 5) is 19.8. The van der Waals surface area contributed by atoms with Crippen molar-refractivity contribution in [1.29, 1.82) is 0 Å². The molecule has 0 bridgehead atoms. The van der Waals surface area contributed by atoms with Gasteiger partial charge in [0, 0.05) is 12.8 Å². The third-order valence-electron chi connectivity index (χ3n) is 5.50. The van der Waals surface area contributed by atoms with E-state index in [4.69, 9.17) is 10.2 Å². The van der Waals surface area contributed by atoms with Crippen molar-refractivity contribution in [3.63, 3.8) is 0 Å². The predicted octanol–water partition coefficient (Wildman–Crippen LogP) is 5.64. The molecule has 0 heterocycles. The first-order chi connectivity index (χ1) is 11.6. The van der Waals surface area contributed by atoms with Gasteiger partial charge >= 0.3 is 11.9 Å². The Morgan fingerprint density at radius 3 is 1.12 bits per heavy atom. The average Bonchev–Trinajstić information content (AvgIpc) is 2.96. The van der Waals surface area contributed by atoms with Gasteiger partial charge in [-0.2, -0.15) is 0 Å². The van der Waals surface area contributed by atoms with E-state index in [-0.39, 0.29) is 12.8 Å². The monoisotopic (exact) mass is 340 g/mol. The molecule has 2 aliphatic carbocycles. The zero-order chi connectivity index (χ0) is 17.6. The third kappa shape index (κ3) is 10.7. The average molecular weight is 341 g/mol. The topological polar surface area (TPSA) is 74.6 Å². The molecule has 0 amide bonds. The van der Waals surface area contributed by atoms with Crippen LogP contribution in [0.2, 0.25) is 0 Å². The number of unbranched alkanes of at least 4 members (excludes halogenated alkanes) is 1. The lowest BCUT2D eigenvalue weighted by Crippen LogP contribution is -2.13. The van der Waals surface area contributed by atoms with E-state index in [1.54, 1.807) is 25.7 Å². The molecule has 2 aliphatic rings. The number of carbonyl (C=O) groups is 2. The summed E-state index contributed by atoms with van der Waals surface area (Å²) in [5.41, 5.74) is 0. The van der Waals surface area contributed by atoms with Crippen molar-refractivity contribution >= 4 is 11.9 Å². The van der Waals surface area contributed by atoms with Crippen LogP contribution in [0, 0.1) is 11.8 Å². The highest BCUT2D eigenvalue weighted by Crippen LogP contribution is 2.36. The summed E-state index contributed by atoms with van der Waals surface area (Å²) >= 11 is 0. The van der Waals surface area contributed by atoms with Gasteiger partial charge in [0.25, 0.3) is 0 Å². The molecule has 0 aromatic heterocycles. The molecule has 0 atom stereocenters. The van der Waals surface area contributed by atoms with Gasteiger partial charge in [-0.1, -0.05) is 77.0 Å². The molecule has 140 valence electrons. The molecule has 2 fully saturated rings. The van der Waals surface area contributed by atoms with Gasteiger partial charge in [0.15, 0.2) is 0 Å². The Hall–Kier alpha value is -1.06.